The Kier molecular flexibility index (Phi) is 2.75. The van der Waals surface area contributed by atoms with E-state index < -0.39 is 11.7 Å². The SMILES string of the molecule is O=C1Nc2ccc(-c3ccc(C(F)(F)F)cc3)c3cccc1c23. The van der Waals surface area contributed by atoms with Gasteiger partial charge in [0.15, 0.2) is 0 Å². The van der Waals surface area contributed by atoms with Crippen molar-refractivity contribution in [3.63, 3.8) is 0 Å². The van der Waals surface area contributed by atoms with Crippen LogP contribution in [0.5, 0.6) is 0 Å². The second-order valence-corrected chi connectivity index (χ2v) is 5.42. The van der Waals surface area contributed by atoms with Gasteiger partial charge in [-0.3, -0.25) is 4.79 Å². The van der Waals surface area contributed by atoms with Crippen molar-refractivity contribution in [3.05, 3.63) is 65.7 Å². The number of benzene rings is 3. The first kappa shape index (κ1) is 13.8. The predicted molar refractivity (Wildman–Crippen MR) is 82.3 cm³/mol. The molecule has 1 amide bonds. The summed E-state index contributed by atoms with van der Waals surface area (Å²) in [5.74, 6) is -0.157. The quantitative estimate of drug-likeness (QED) is 0.666. The number of amides is 1. The lowest BCUT2D eigenvalue weighted by Crippen LogP contribution is -2.04. The van der Waals surface area contributed by atoms with E-state index in [1.54, 1.807) is 18.2 Å². The Balaban J connectivity index is 1.91. The molecular weight excluding hydrogens is 303 g/mol. The maximum absolute atomic E-state index is 12.7. The maximum atomic E-state index is 12.7. The average molecular weight is 313 g/mol. The summed E-state index contributed by atoms with van der Waals surface area (Å²) in [7, 11) is 0. The van der Waals surface area contributed by atoms with E-state index in [-0.39, 0.29) is 5.91 Å². The van der Waals surface area contributed by atoms with Crippen LogP contribution in [0.25, 0.3) is 21.9 Å². The number of carbonyl (C=O) groups is 1. The highest BCUT2D eigenvalue weighted by atomic mass is 19.4. The van der Waals surface area contributed by atoms with Gasteiger partial charge in [-0.05, 0) is 40.8 Å². The van der Waals surface area contributed by atoms with E-state index in [9.17, 15) is 18.0 Å². The van der Waals surface area contributed by atoms with Crippen LogP contribution >= 0.6 is 0 Å². The van der Waals surface area contributed by atoms with Crippen molar-refractivity contribution in [2.45, 2.75) is 6.18 Å². The summed E-state index contributed by atoms with van der Waals surface area (Å²) in [6.07, 6.45) is -4.35. The van der Waals surface area contributed by atoms with Crippen LogP contribution in [-0.2, 0) is 6.18 Å². The molecule has 5 heteroatoms. The predicted octanol–water partition coefficient (Wildman–Crippen LogP) is 5.09. The highest BCUT2D eigenvalue weighted by Gasteiger charge is 2.30. The van der Waals surface area contributed by atoms with Crippen molar-refractivity contribution in [2.75, 3.05) is 5.32 Å². The zero-order chi connectivity index (χ0) is 16.2. The second kappa shape index (κ2) is 4.59. The third kappa shape index (κ3) is 2.08. The fourth-order valence-electron chi connectivity index (χ4n) is 2.98. The standard InChI is InChI=1S/C18H10F3NO/c19-18(20,21)11-6-4-10(5-7-11)12-8-9-15-16-13(12)2-1-3-14(16)17(23)22-15/h1-9H,(H,22,23). The number of hydrogen-bond donors (Lipinski definition) is 1. The van der Waals surface area contributed by atoms with E-state index in [0.717, 1.165) is 34.2 Å². The zero-order valence-corrected chi connectivity index (χ0v) is 11.7. The lowest BCUT2D eigenvalue weighted by molar-refractivity contribution is -0.137. The molecule has 1 aliphatic rings. The van der Waals surface area contributed by atoms with Crippen LogP contribution in [0, 0.1) is 0 Å². The molecule has 0 unspecified atom stereocenters. The number of alkyl halides is 3. The van der Waals surface area contributed by atoms with Crippen molar-refractivity contribution in [2.24, 2.45) is 0 Å². The molecule has 0 saturated heterocycles. The van der Waals surface area contributed by atoms with Crippen LogP contribution < -0.4 is 5.32 Å². The van der Waals surface area contributed by atoms with Crippen LogP contribution in [0.15, 0.2) is 54.6 Å². The third-order valence-corrected chi connectivity index (χ3v) is 4.06. The minimum atomic E-state index is -4.35. The number of nitrogens with one attached hydrogen (secondary N) is 1. The van der Waals surface area contributed by atoms with Gasteiger partial charge in [0, 0.05) is 16.6 Å². The first-order chi connectivity index (χ1) is 10.9. The Morgan fingerprint density at radius 1 is 0.826 bits per heavy atom. The lowest BCUT2D eigenvalue weighted by Gasteiger charge is -2.10. The van der Waals surface area contributed by atoms with E-state index in [2.05, 4.69) is 5.32 Å². The van der Waals surface area contributed by atoms with Gasteiger partial charge in [-0.1, -0.05) is 30.3 Å². The van der Waals surface area contributed by atoms with Crippen LogP contribution in [0.1, 0.15) is 15.9 Å². The van der Waals surface area contributed by atoms with Crippen molar-refractivity contribution in [1.29, 1.82) is 0 Å². The van der Waals surface area contributed by atoms with Crippen LogP contribution in [0.3, 0.4) is 0 Å². The Bertz CT molecular complexity index is 943. The van der Waals surface area contributed by atoms with E-state index >= 15 is 0 Å². The van der Waals surface area contributed by atoms with Gasteiger partial charge in [0.1, 0.15) is 0 Å². The Morgan fingerprint density at radius 2 is 1.57 bits per heavy atom. The normalized spacial score (nSPS) is 13.4. The molecule has 114 valence electrons. The number of halogens is 3. The Hall–Kier alpha value is -2.82. The highest BCUT2D eigenvalue weighted by Crippen LogP contribution is 2.39. The number of anilines is 1. The van der Waals surface area contributed by atoms with Crippen molar-refractivity contribution in [1.82, 2.24) is 0 Å². The number of carbonyl (C=O) groups excluding carboxylic acids is 1. The topological polar surface area (TPSA) is 29.1 Å². The van der Waals surface area contributed by atoms with Crippen molar-refractivity contribution < 1.29 is 18.0 Å². The first-order valence-corrected chi connectivity index (χ1v) is 7.00. The summed E-state index contributed by atoms with van der Waals surface area (Å²) in [6.45, 7) is 0. The fraction of sp³-hybridized carbons (Fsp3) is 0.0556. The summed E-state index contributed by atoms with van der Waals surface area (Å²) in [5.41, 5.74) is 2.13. The first-order valence-electron chi connectivity index (χ1n) is 7.00. The monoisotopic (exact) mass is 313 g/mol. The molecule has 0 saturated carbocycles. The van der Waals surface area contributed by atoms with Gasteiger partial charge >= 0.3 is 6.18 Å². The van der Waals surface area contributed by atoms with Gasteiger partial charge in [-0.2, -0.15) is 13.2 Å². The molecule has 4 rings (SSSR count). The van der Waals surface area contributed by atoms with Gasteiger partial charge in [0.25, 0.3) is 5.91 Å². The lowest BCUT2D eigenvalue weighted by atomic mass is 9.95. The molecule has 1 heterocycles. The highest BCUT2D eigenvalue weighted by molar-refractivity contribution is 6.25. The smallest absolute Gasteiger partial charge is 0.321 e. The molecule has 0 aromatic heterocycles. The molecule has 0 radical (unpaired) electrons. The molecule has 23 heavy (non-hydrogen) atoms. The number of rotatable bonds is 1. The van der Waals surface area contributed by atoms with Crippen molar-refractivity contribution >= 4 is 22.4 Å². The van der Waals surface area contributed by atoms with Gasteiger partial charge < -0.3 is 5.32 Å². The van der Waals surface area contributed by atoms with E-state index in [0.29, 0.717) is 11.1 Å². The fourth-order valence-corrected chi connectivity index (χ4v) is 2.98. The summed E-state index contributed by atoms with van der Waals surface area (Å²) >= 11 is 0. The second-order valence-electron chi connectivity index (χ2n) is 5.42. The van der Waals surface area contributed by atoms with Crippen LogP contribution in [0.2, 0.25) is 0 Å². The molecular formula is C18H10F3NO. The molecule has 1 aliphatic heterocycles. The van der Waals surface area contributed by atoms with Gasteiger partial charge in [0.05, 0.1) is 5.56 Å². The molecule has 3 aromatic rings. The Labute approximate surface area is 129 Å². The molecule has 0 spiro atoms. The van der Waals surface area contributed by atoms with Crippen LogP contribution in [0.4, 0.5) is 18.9 Å². The summed E-state index contributed by atoms with van der Waals surface area (Å²) in [5, 5.41) is 4.45. The molecule has 0 bridgehead atoms. The summed E-state index contributed by atoms with van der Waals surface area (Å²) < 4.78 is 38.1. The Morgan fingerprint density at radius 3 is 2.26 bits per heavy atom. The van der Waals surface area contributed by atoms with E-state index in [1.807, 2.05) is 12.1 Å². The molecule has 3 aromatic carbocycles. The maximum Gasteiger partial charge on any atom is 0.416 e. The third-order valence-electron chi connectivity index (χ3n) is 4.06. The zero-order valence-electron chi connectivity index (χ0n) is 11.7. The van der Waals surface area contributed by atoms with Crippen molar-refractivity contribution in [3.8, 4) is 11.1 Å². The minimum Gasteiger partial charge on any atom is -0.321 e. The summed E-state index contributed by atoms with van der Waals surface area (Å²) in [6, 6.07) is 14.0. The summed E-state index contributed by atoms with van der Waals surface area (Å²) in [4.78, 5) is 11.9. The molecule has 0 atom stereocenters. The van der Waals surface area contributed by atoms with Gasteiger partial charge in [0.2, 0.25) is 0 Å². The minimum absolute atomic E-state index is 0.157. The van der Waals surface area contributed by atoms with Gasteiger partial charge in [-0.25, -0.2) is 0 Å². The molecule has 2 nitrogen and oxygen atoms in total. The van der Waals surface area contributed by atoms with Gasteiger partial charge in [-0.15, -0.1) is 0 Å². The number of hydrogen-bond acceptors (Lipinski definition) is 1. The van der Waals surface area contributed by atoms with Crippen LogP contribution in [-0.4, -0.2) is 5.91 Å². The molecule has 0 fully saturated rings. The molecule has 1 N–H and O–H groups in total. The van der Waals surface area contributed by atoms with E-state index in [4.69, 9.17) is 0 Å². The largest absolute Gasteiger partial charge is 0.416 e. The molecule has 0 aliphatic carbocycles. The van der Waals surface area contributed by atoms with E-state index in [1.165, 1.54) is 12.1 Å². The average Bonchev–Trinajstić information content (AvgIpc) is 2.85.